The van der Waals surface area contributed by atoms with E-state index in [1.165, 1.54) is 12.7 Å². The van der Waals surface area contributed by atoms with Crippen LogP contribution in [0.4, 0.5) is 0 Å². The van der Waals surface area contributed by atoms with Crippen LogP contribution in [0, 0.1) is 0 Å². The number of amides is 1. The molecule has 8 heteroatoms. The zero-order chi connectivity index (χ0) is 20.1. The second kappa shape index (κ2) is 10.3. The van der Waals surface area contributed by atoms with Crippen molar-refractivity contribution in [2.45, 2.75) is 31.9 Å². The van der Waals surface area contributed by atoms with Crippen molar-refractivity contribution in [3.05, 3.63) is 53.1 Å². The Morgan fingerprint density at radius 1 is 1.24 bits per heavy atom. The highest BCUT2D eigenvalue weighted by Crippen LogP contribution is 2.32. The Morgan fingerprint density at radius 2 is 2.00 bits per heavy atom. The van der Waals surface area contributed by atoms with E-state index in [0.29, 0.717) is 17.9 Å². The van der Waals surface area contributed by atoms with Gasteiger partial charge in [-0.3, -0.25) is 4.79 Å². The molecule has 1 aliphatic rings. The van der Waals surface area contributed by atoms with Crippen LogP contribution in [-0.2, 0) is 6.42 Å². The monoisotopic (exact) mass is 422 g/mol. The van der Waals surface area contributed by atoms with Gasteiger partial charge in [-0.15, -0.1) is 12.4 Å². The van der Waals surface area contributed by atoms with Crippen LogP contribution < -0.4 is 25.3 Å². The first-order valence-corrected chi connectivity index (χ1v) is 9.25. The first-order chi connectivity index (χ1) is 13.5. The molecular weight excluding hydrogens is 396 g/mol. The third-order valence-corrected chi connectivity index (χ3v) is 4.84. The van der Waals surface area contributed by atoms with Gasteiger partial charge in [0.25, 0.3) is 5.91 Å². The number of aryl methyl sites for hydroxylation is 1. The lowest BCUT2D eigenvalue weighted by atomic mass is 10.0. The second-order valence-electron chi connectivity index (χ2n) is 6.88. The second-order valence-corrected chi connectivity index (χ2v) is 6.88. The number of hydrogen-bond donors (Lipinski definition) is 3. The van der Waals surface area contributed by atoms with E-state index in [1.54, 1.807) is 18.2 Å². The topological polar surface area (TPSA) is 103 Å². The van der Waals surface area contributed by atoms with E-state index in [0.717, 1.165) is 24.3 Å². The van der Waals surface area contributed by atoms with E-state index in [-0.39, 0.29) is 30.8 Å². The van der Waals surface area contributed by atoms with E-state index < -0.39 is 12.0 Å². The number of aliphatic hydroxyl groups excluding tert-OH is 1. The number of halogens is 1. The van der Waals surface area contributed by atoms with E-state index in [9.17, 15) is 9.90 Å². The number of nitrogens with two attached hydrogens (primary N) is 1. The van der Waals surface area contributed by atoms with Gasteiger partial charge in [-0.1, -0.05) is 12.1 Å². The molecule has 2 unspecified atom stereocenters. The van der Waals surface area contributed by atoms with Crippen molar-refractivity contribution in [2.75, 3.05) is 20.4 Å². The highest BCUT2D eigenvalue weighted by atomic mass is 35.5. The first-order valence-electron chi connectivity index (χ1n) is 9.25. The summed E-state index contributed by atoms with van der Waals surface area (Å²) in [5.41, 5.74) is 7.43. The van der Waals surface area contributed by atoms with Gasteiger partial charge in [0.1, 0.15) is 5.75 Å². The molecule has 0 aliphatic carbocycles. The average Bonchev–Trinajstić information content (AvgIpc) is 3.17. The summed E-state index contributed by atoms with van der Waals surface area (Å²) in [6, 6.07) is 11.1. The Morgan fingerprint density at radius 3 is 2.72 bits per heavy atom. The lowest BCUT2D eigenvalue weighted by molar-refractivity contribution is 0.0997. The highest BCUT2D eigenvalue weighted by Gasteiger charge is 2.16. The number of carbonyl (C=O) groups excluding carboxylic acids is 1. The SMILES string of the molecule is COc1ccc(C(O)CNC(C)CCc2ccc3c(c2)OCO3)cc1C(N)=O.Cl. The van der Waals surface area contributed by atoms with E-state index in [2.05, 4.69) is 12.2 Å². The Hall–Kier alpha value is -2.48. The van der Waals surface area contributed by atoms with Crippen molar-refractivity contribution in [1.29, 1.82) is 0 Å². The molecule has 0 saturated heterocycles. The van der Waals surface area contributed by atoms with Crippen molar-refractivity contribution in [3.8, 4) is 17.2 Å². The Balaban J connectivity index is 0.00000300. The van der Waals surface area contributed by atoms with Crippen LogP contribution in [0.3, 0.4) is 0 Å². The molecule has 7 nitrogen and oxygen atoms in total. The Labute approximate surface area is 176 Å². The standard InChI is InChI=1S/C21H26N2O5.ClH/c1-13(3-4-14-5-7-19-20(9-14)28-12-27-19)23-11-17(24)15-6-8-18(26-2)16(10-15)21(22)25;/h5-10,13,17,23-24H,3-4,11-12H2,1-2H3,(H2,22,25);1H. The minimum Gasteiger partial charge on any atom is -0.496 e. The van der Waals surface area contributed by atoms with Gasteiger partial charge in [0.15, 0.2) is 11.5 Å². The fraction of sp³-hybridized carbons (Fsp3) is 0.381. The lowest BCUT2D eigenvalue weighted by Gasteiger charge is -2.18. The first kappa shape index (κ1) is 22.8. The van der Waals surface area contributed by atoms with Crippen molar-refractivity contribution < 1.29 is 24.1 Å². The minimum atomic E-state index is -0.753. The number of nitrogens with one attached hydrogen (secondary N) is 1. The number of primary amides is 1. The van der Waals surface area contributed by atoms with Crippen molar-refractivity contribution in [1.82, 2.24) is 5.32 Å². The molecule has 2 aromatic carbocycles. The van der Waals surface area contributed by atoms with Crippen LogP contribution in [0.2, 0.25) is 0 Å². The molecule has 2 atom stereocenters. The number of carbonyl (C=O) groups is 1. The van der Waals surface area contributed by atoms with Crippen LogP contribution in [0.25, 0.3) is 0 Å². The smallest absolute Gasteiger partial charge is 0.252 e. The number of aliphatic hydroxyl groups is 1. The molecule has 1 heterocycles. The maximum Gasteiger partial charge on any atom is 0.252 e. The van der Waals surface area contributed by atoms with Gasteiger partial charge < -0.3 is 30.4 Å². The Kier molecular flexibility index (Phi) is 8.13. The Bertz CT molecular complexity index is 846. The summed E-state index contributed by atoms with van der Waals surface area (Å²) in [6.45, 7) is 2.72. The third-order valence-electron chi connectivity index (χ3n) is 4.84. The van der Waals surface area contributed by atoms with Gasteiger partial charge >= 0.3 is 0 Å². The molecule has 0 radical (unpaired) electrons. The summed E-state index contributed by atoms with van der Waals surface area (Å²) in [6.07, 6.45) is 1.04. The molecule has 0 bridgehead atoms. The van der Waals surface area contributed by atoms with Crippen LogP contribution in [0.1, 0.15) is 40.9 Å². The molecule has 3 rings (SSSR count). The number of hydrogen-bond acceptors (Lipinski definition) is 6. The maximum atomic E-state index is 11.5. The molecule has 2 aromatic rings. The summed E-state index contributed by atoms with van der Waals surface area (Å²) in [4.78, 5) is 11.5. The average molecular weight is 423 g/mol. The summed E-state index contributed by atoms with van der Waals surface area (Å²) in [5.74, 6) is 1.38. The lowest BCUT2D eigenvalue weighted by Crippen LogP contribution is -2.31. The largest absolute Gasteiger partial charge is 0.496 e. The number of ether oxygens (including phenoxy) is 3. The molecule has 1 aliphatic heterocycles. The number of benzene rings is 2. The van der Waals surface area contributed by atoms with Crippen LogP contribution in [0.15, 0.2) is 36.4 Å². The quantitative estimate of drug-likeness (QED) is 0.574. The highest BCUT2D eigenvalue weighted by molar-refractivity contribution is 5.95. The maximum absolute atomic E-state index is 11.5. The van der Waals surface area contributed by atoms with E-state index >= 15 is 0 Å². The molecule has 4 N–H and O–H groups in total. The van der Waals surface area contributed by atoms with Gasteiger partial charge in [0, 0.05) is 12.6 Å². The van der Waals surface area contributed by atoms with Gasteiger partial charge in [-0.25, -0.2) is 0 Å². The number of methoxy groups -OCH3 is 1. The van der Waals surface area contributed by atoms with Crippen LogP contribution in [-0.4, -0.2) is 37.5 Å². The van der Waals surface area contributed by atoms with Crippen LogP contribution >= 0.6 is 12.4 Å². The number of fused-ring (bicyclic) bond motifs is 1. The fourth-order valence-electron chi connectivity index (χ4n) is 3.14. The van der Waals surface area contributed by atoms with Crippen molar-refractivity contribution in [3.63, 3.8) is 0 Å². The zero-order valence-corrected chi connectivity index (χ0v) is 17.3. The molecule has 29 heavy (non-hydrogen) atoms. The van der Waals surface area contributed by atoms with Gasteiger partial charge in [0.05, 0.1) is 18.8 Å². The van der Waals surface area contributed by atoms with Crippen molar-refractivity contribution in [2.24, 2.45) is 5.73 Å². The molecule has 158 valence electrons. The molecule has 0 saturated carbocycles. The molecule has 0 spiro atoms. The normalized spacial score (nSPS) is 14.0. The summed E-state index contributed by atoms with van der Waals surface area (Å²) in [5, 5.41) is 13.8. The molecular formula is C21H27ClN2O5. The third kappa shape index (κ3) is 5.76. The van der Waals surface area contributed by atoms with Crippen LogP contribution in [0.5, 0.6) is 17.2 Å². The summed E-state index contributed by atoms with van der Waals surface area (Å²) in [7, 11) is 1.47. The van der Waals surface area contributed by atoms with Crippen molar-refractivity contribution >= 4 is 18.3 Å². The molecule has 0 aromatic heterocycles. The van der Waals surface area contributed by atoms with E-state index in [1.807, 2.05) is 18.2 Å². The predicted molar refractivity (Wildman–Crippen MR) is 112 cm³/mol. The van der Waals surface area contributed by atoms with Gasteiger partial charge in [-0.2, -0.15) is 0 Å². The predicted octanol–water partition coefficient (Wildman–Crippen LogP) is 2.59. The fourth-order valence-corrected chi connectivity index (χ4v) is 3.14. The van der Waals surface area contributed by atoms with Gasteiger partial charge in [-0.05, 0) is 55.2 Å². The number of rotatable bonds is 9. The molecule has 0 fully saturated rings. The molecule has 1 amide bonds. The summed E-state index contributed by atoms with van der Waals surface area (Å²) >= 11 is 0. The summed E-state index contributed by atoms with van der Waals surface area (Å²) < 4.78 is 15.9. The van der Waals surface area contributed by atoms with Gasteiger partial charge in [0.2, 0.25) is 6.79 Å². The van der Waals surface area contributed by atoms with E-state index in [4.69, 9.17) is 19.9 Å². The zero-order valence-electron chi connectivity index (χ0n) is 16.5. The minimum absolute atomic E-state index is 0.